The summed E-state index contributed by atoms with van der Waals surface area (Å²) in [6, 6.07) is 80.6. The van der Waals surface area contributed by atoms with Gasteiger partial charge in [-0.2, -0.15) is 0 Å². The Kier molecular flexibility index (Phi) is 9.51. The van der Waals surface area contributed by atoms with Gasteiger partial charge in [0, 0.05) is 49.4 Å². The Hall–Kier alpha value is -9.58. The van der Waals surface area contributed by atoms with E-state index in [0.29, 0.717) is 0 Å². The Bertz CT molecular complexity index is 4470. The van der Waals surface area contributed by atoms with Crippen molar-refractivity contribution in [2.24, 2.45) is 0 Å². The summed E-state index contributed by atoms with van der Waals surface area (Å²) in [4.78, 5) is 10.9. The maximum absolute atomic E-state index is 5.47. The fourth-order valence-electron chi connectivity index (χ4n) is 11.4. The van der Waals surface area contributed by atoms with Crippen molar-refractivity contribution < 1.29 is 0 Å². The monoisotopic (exact) mass is 919 g/mol. The Balaban J connectivity index is 1.02. The maximum Gasteiger partial charge on any atom is 0.165 e. The number of hydrogen-bond acceptors (Lipinski definition) is 2. The summed E-state index contributed by atoms with van der Waals surface area (Å²) in [7, 11) is 0. The molecular weight excluding hydrogens is 875 g/mol. The molecule has 0 bridgehead atoms. The van der Waals surface area contributed by atoms with Crippen LogP contribution in [-0.4, -0.2) is 23.7 Å². The quantitative estimate of drug-likeness (QED) is 0.152. The van der Waals surface area contributed by atoms with Crippen LogP contribution in [0.4, 0.5) is 0 Å². The van der Waals surface area contributed by atoms with E-state index in [1.54, 1.807) is 0 Å². The number of benzene rings is 10. The second-order valence-corrected chi connectivity index (χ2v) is 18.5. The van der Waals surface area contributed by atoms with E-state index in [0.717, 1.165) is 99.9 Å². The lowest BCUT2D eigenvalue weighted by molar-refractivity contribution is 1.08. The van der Waals surface area contributed by atoms with E-state index >= 15 is 0 Å². The van der Waals surface area contributed by atoms with Crippen LogP contribution >= 0.6 is 0 Å². The highest BCUT2D eigenvalue weighted by Crippen LogP contribution is 2.45. The van der Waals surface area contributed by atoms with Gasteiger partial charge in [0.05, 0.1) is 44.3 Å². The minimum atomic E-state index is 0.794. The fraction of sp³-hybridized carbons (Fsp3) is 0.0149. The molecule has 0 unspecified atom stereocenters. The highest BCUT2D eigenvalue weighted by atomic mass is 15.1. The summed E-state index contributed by atoms with van der Waals surface area (Å²) in [5.41, 5.74) is 18.1. The van der Waals surface area contributed by atoms with Gasteiger partial charge in [0.1, 0.15) is 5.69 Å². The predicted octanol–water partition coefficient (Wildman–Crippen LogP) is 17.6. The lowest BCUT2D eigenvalue weighted by atomic mass is 9.98. The molecule has 0 amide bonds. The van der Waals surface area contributed by atoms with Gasteiger partial charge in [0.2, 0.25) is 0 Å². The zero-order chi connectivity index (χ0) is 47.9. The first kappa shape index (κ1) is 41.4. The molecule has 72 heavy (non-hydrogen) atoms. The average Bonchev–Trinajstić information content (AvgIpc) is 4.08. The molecule has 14 aromatic rings. The number of hydrogen-bond donors (Lipinski definition) is 0. The van der Waals surface area contributed by atoms with Crippen molar-refractivity contribution in [3.05, 3.63) is 248 Å². The fourth-order valence-corrected chi connectivity index (χ4v) is 11.4. The van der Waals surface area contributed by atoms with Gasteiger partial charge in [0.15, 0.2) is 5.82 Å². The third kappa shape index (κ3) is 6.34. The molecule has 0 saturated heterocycles. The Labute approximate surface area is 416 Å². The van der Waals surface area contributed by atoms with E-state index in [2.05, 4.69) is 252 Å². The van der Waals surface area contributed by atoms with Crippen LogP contribution in [-0.2, 0) is 0 Å². The minimum absolute atomic E-state index is 0.794. The first-order valence-corrected chi connectivity index (χ1v) is 24.6. The molecule has 5 nitrogen and oxygen atoms in total. The number of para-hydroxylation sites is 4. The van der Waals surface area contributed by atoms with Crippen molar-refractivity contribution in [1.82, 2.24) is 23.7 Å². The van der Waals surface area contributed by atoms with Crippen molar-refractivity contribution >= 4 is 88.5 Å². The normalized spacial score (nSPS) is 12.0. The van der Waals surface area contributed by atoms with Gasteiger partial charge in [-0.1, -0.05) is 170 Å². The predicted molar refractivity (Wildman–Crippen MR) is 304 cm³/mol. The van der Waals surface area contributed by atoms with Crippen LogP contribution < -0.4 is 0 Å². The third-order valence-electron chi connectivity index (χ3n) is 14.5. The van der Waals surface area contributed by atoms with E-state index in [-0.39, 0.29) is 0 Å². The maximum atomic E-state index is 5.47. The van der Waals surface area contributed by atoms with Gasteiger partial charge in [-0.25, -0.2) is 9.97 Å². The van der Waals surface area contributed by atoms with Gasteiger partial charge in [-0.15, -0.1) is 0 Å². The highest BCUT2D eigenvalue weighted by Gasteiger charge is 2.25. The molecule has 0 aliphatic heterocycles. The molecule has 10 aromatic carbocycles. The standard InChI is InChI=1S/C67H45N5/c1-3-20-58-50(4-2)64-62(37-38-63-65(64)54-29-14-18-34-60(54)71(63)49-40-46(43-21-7-5-8-22-43)39-47(41-49)44-23-9-6-10-24-44)70(58)48-35-36-61-55(42-48)52-28-13-17-33-59(52)72(61)67-66(68-56-31-15-16-32-57(56)69-67)53-30-19-26-45-25-11-12-27-51(45)53/h3-42H,2H2,1H3/b20-3-. The van der Waals surface area contributed by atoms with Crippen LogP contribution in [0.25, 0.3) is 139 Å². The molecule has 0 N–H and O–H groups in total. The third-order valence-corrected chi connectivity index (χ3v) is 14.5. The molecule has 0 fully saturated rings. The van der Waals surface area contributed by atoms with Crippen molar-refractivity contribution in [3.63, 3.8) is 0 Å². The second-order valence-electron chi connectivity index (χ2n) is 18.5. The van der Waals surface area contributed by atoms with Crippen LogP contribution in [0.15, 0.2) is 237 Å². The van der Waals surface area contributed by atoms with E-state index in [1.165, 1.54) is 38.4 Å². The van der Waals surface area contributed by atoms with Crippen molar-refractivity contribution in [2.75, 3.05) is 0 Å². The minimum Gasteiger partial charge on any atom is -0.309 e. The van der Waals surface area contributed by atoms with Crippen LogP contribution in [0.5, 0.6) is 0 Å². The van der Waals surface area contributed by atoms with E-state index in [1.807, 2.05) is 18.2 Å². The largest absolute Gasteiger partial charge is 0.309 e. The lowest BCUT2D eigenvalue weighted by Crippen LogP contribution is -2.04. The Morgan fingerprint density at radius 3 is 1.68 bits per heavy atom. The first-order valence-electron chi connectivity index (χ1n) is 24.6. The number of fused-ring (bicyclic) bond motifs is 10. The van der Waals surface area contributed by atoms with Crippen LogP contribution in [0, 0.1) is 0 Å². The second kappa shape index (κ2) is 16.5. The molecule has 4 heterocycles. The Morgan fingerprint density at radius 2 is 0.972 bits per heavy atom. The molecule has 14 rings (SSSR count). The first-order chi connectivity index (χ1) is 35.6. The number of aromatic nitrogens is 5. The summed E-state index contributed by atoms with van der Waals surface area (Å²) in [6.07, 6.45) is 6.41. The van der Waals surface area contributed by atoms with Crippen molar-refractivity contribution in [3.8, 4) is 50.7 Å². The van der Waals surface area contributed by atoms with E-state index < -0.39 is 0 Å². The molecule has 5 heteroatoms. The molecule has 0 spiro atoms. The lowest BCUT2D eigenvalue weighted by Gasteiger charge is -2.15. The van der Waals surface area contributed by atoms with Gasteiger partial charge >= 0.3 is 0 Å². The molecular formula is C67H45N5. The van der Waals surface area contributed by atoms with E-state index in [9.17, 15) is 0 Å². The summed E-state index contributed by atoms with van der Waals surface area (Å²) in [5, 5.41) is 8.12. The molecule has 4 aromatic heterocycles. The highest BCUT2D eigenvalue weighted by molar-refractivity contribution is 6.24. The van der Waals surface area contributed by atoms with Crippen molar-refractivity contribution in [1.29, 1.82) is 0 Å². The molecule has 0 radical (unpaired) electrons. The summed E-state index contributed by atoms with van der Waals surface area (Å²) in [5.74, 6) is 0.794. The summed E-state index contributed by atoms with van der Waals surface area (Å²) in [6.45, 7) is 6.60. The molecule has 0 aliphatic carbocycles. The van der Waals surface area contributed by atoms with Gasteiger partial charge in [0.25, 0.3) is 0 Å². The number of nitrogens with zero attached hydrogens (tertiary/aromatic N) is 5. The van der Waals surface area contributed by atoms with Crippen LogP contribution in [0.2, 0.25) is 0 Å². The summed E-state index contributed by atoms with van der Waals surface area (Å²) >= 11 is 0. The van der Waals surface area contributed by atoms with E-state index in [4.69, 9.17) is 9.97 Å². The van der Waals surface area contributed by atoms with Gasteiger partial charge in [-0.05, 0) is 119 Å². The SMILES string of the molecule is C=Cc1c(/C=C\C)n(-c2ccc3c(c2)c2ccccc2n3-c2nc3ccccc3nc2-c2cccc3ccccc23)c2ccc3c(c4ccccc4n3-c3cc(-c4ccccc4)cc(-c4ccccc4)c3)c12. The topological polar surface area (TPSA) is 40.6 Å². The smallest absolute Gasteiger partial charge is 0.165 e. The number of allylic oxidation sites excluding steroid dienone is 1. The zero-order valence-corrected chi connectivity index (χ0v) is 39.5. The van der Waals surface area contributed by atoms with Crippen LogP contribution in [0.1, 0.15) is 18.2 Å². The summed E-state index contributed by atoms with van der Waals surface area (Å²) < 4.78 is 7.19. The average molecular weight is 920 g/mol. The van der Waals surface area contributed by atoms with Gasteiger partial charge < -0.3 is 9.13 Å². The van der Waals surface area contributed by atoms with Gasteiger partial charge in [-0.3, -0.25) is 4.57 Å². The Morgan fingerprint density at radius 1 is 0.403 bits per heavy atom. The van der Waals surface area contributed by atoms with Crippen LogP contribution in [0.3, 0.4) is 0 Å². The zero-order valence-electron chi connectivity index (χ0n) is 39.5. The van der Waals surface area contributed by atoms with Crippen molar-refractivity contribution in [2.45, 2.75) is 6.92 Å². The molecule has 0 atom stereocenters. The number of rotatable bonds is 8. The molecule has 0 saturated carbocycles. The molecule has 338 valence electrons. The molecule has 0 aliphatic rings.